The smallest absolute Gasteiger partial charge is 0.133 e. The Morgan fingerprint density at radius 3 is 2.64 bits per heavy atom. The summed E-state index contributed by atoms with van der Waals surface area (Å²) in [5.74, 6) is -0.248. The van der Waals surface area contributed by atoms with E-state index in [9.17, 15) is 4.39 Å². The molecule has 0 unspecified atom stereocenters. The third-order valence-electron chi connectivity index (χ3n) is 3.81. The minimum atomic E-state index is -0.248. The average molecular weight is 319 g/mol. The van der Waals surface area contributed by atoms with Crippen molar-refractivity contribution >= 4 is 17.4 Å². The number of hydrogen-bond donors (Lipinski definition) is 1. The molecule has 0 spiro atoms. The fourth-order valence-corrected chi connectivity index (χ4v) is 2.95. The van der Waals surface area contributed by atoms with Crippen molar-refractivity contribution in [2.45, 2.75) is 11.0 Å². The molecule has 1 heterocycles. The molecular weight excluding hydrogens is 301 g/mol. The highest BCUT2D eigenvalue weighted by atomic mass is 32.2. The molecule has 0 bridgehead atoms. The van der Waals surface area contributed by atoms with Crippen LogP contribution in [-0.2, 0) is 4.74 Å². The van der Waals surface area contributed by atoms with Crippen LogP contribution in [0.25, 0.3) is 11.1 Å². The molecule has 2 aromatic rings. The Morgan fingerprint density at radius 1 is 1.27 bits per heavy atom. The number of aliphatic hydroxyl groups is 1. The number of ether oxygens (including phenoxy) is 1. The maximum absolute atomic E-state index is 14.4. The van der Waals surface area contributed by atoms with Crippen LogP contribution in [0, 0.1) is 5.82 Å². The van der Waals surface area contributed by atoms with Crippen LogP contribution in [0.4, 0.5) is 10.1 Å². The molecule has 0 amide bonds. The van der Waals surface area contributed by atoms with Gasteiger partial charge in [-0.25, -0.2) is 4.39 Å². The molecule has 116 valence electrons. The Bertz CT molecular complexity index is 648. The van der Waals surface area contributed by atoms with Crippen molar-refractivity contribution in [2.75, 3.05) is 31.0 Å². The van der Waals surface area contributed by atoms with Crippen molar-refractivity contribution < 1.29 is 14.2 Å². The maximum atomic E-state index is 14.4. The van der Waals surface area contributed by atoms with Gasteiger partial charge >= 0.3 is 0 Å². The van der Waals surface area contributed by atoms with E-state index in [0.717, 1.165) is 16.1 Å². The lowest BCUT2D eigenvalue weighted by Gasteiger charge is -2.17. The van der Waals surface area contributed by atoms with Gasteiger partial charge in [0.15, 0.2) is 0 Å². The molecule has 0 saturated carbocycles. The number of nitrogens with zero attached hydrogens (tertiary/aromatic N) is 1. The van der Waals surface area contributed by atoms with Crippen LogP contribution in [0.2, 0.25) is 0 Å². The topological polar surface area (TPSA) is 32.7 Å². The Labute approximate surface area is 133 Å². The molecule has 2 aromatic carbocycles. The minimum absolute atomic E-state index is 0.0150. The highest BCUT2D eigenvalue weighted by Crippen LogP contribution is 2.29. The SMILES string of the molecule is CSc1ccc(-c2ccc(N3CO[C@@H](CO)C3)cc2F)cc1. The van der Waals surface area contributed by atoms with Crippen LogP contribution in [0.5, 0.6) is 0 Å². The minimum Gasteiger partial charge on any atom is -0.394 e. The van der Waals surface area contributed by atoms with Gasteiger partial charge in [-0.05, 0) is 42.2 Å². The van der Waals surface area contributed by atoms with E-state index < -0.39 is 0 Å². The Kier molecular flexibility index (Phi) is 4.66. The van der Waals surface area contributed by atoms with Gasteiger partial charge in [0, 0.05) is 22.7 Å². The molecule has 1 aliphatic rings. The van der Waals surface area contributed by atoms with Crippen molar-refractivity contribution in [3.63, 3.8) is 0 Å². The van der Waals surface area contributed by atoms with Crippen LogP contribution >= 0.6 is 11.8 Å². The predicted molar refractivity (Wildman–Crippen MR) is 87.8 cm³/mol. The lowest BCUT2D eigenvalue weighted by Crippen LogP contribution is -2.23. The van der Waals surface area contributed by atoms with Gasteiger partial charge in [-0.15, -0.1) is 11.8 Å². The van der Waals surface area contributed by atoms with Gasteiger partial charge in [-0.2, -0.15) is 0 Å². The predicted octanol–water partition coefficient (Wildman–Crippen LogP) is 3.37. The summed E-state index contributed by atoms with van der Waals surface area (Å²) >= 11 is 1.66. The van der Waals surface area contributed by atoms with E-state index in [1.807, 2.05) is 41.5 Å². The molecule has 3 rings (SSSR count). The first-order valence-electron chi connectivity index (χ1n) is 7.12. The normalized spacial score (nSPS) is 18.0. The quantitative estimate of drug-likeness (QED) is 0.876. The Morgan fingerprint density at radius 2 is 2.05 bits per heavy atom. The van der Waals surface area contributed by atoms with E-state index in [2.05, 4.69) is 0 Å². The second-order valence-corrected chi connectivity index (χ2v) is 6.10. The lowest BCUT2D eigenvalue weighted by molar-refractivity contribution is 0.0645. The zero-order valence-corrected chi connectivity index (χ0v) is 13.1. The fourth-order valence-electron chi connectivity index (χ4n) is 2.54. The van der Waals surface area contributed by atoms with Gasteiger partial charge in [-0.1, -0.05) is 12.1 Å². The number of benzene rings is 2. The first kappa shape index (κ1) is 15.3. The number of rotatable bonds is 4. The van der Waals surface area contributed by atoms with Crippen LogP contribution in [0.1, 0.15) is 0 Å². The zero-order valence-electron chi connectivity index (χ0n) is 12.3. The summed E-state index contributed by atoms with van der Waals surface area (Å²) in [5.41, 5.74) is 2.24. The molecule has 0 aliphatic carbocycles. The van der Waals surface area contributed by atoms with Gasteiger partial charge in [0.05, 0.1) is 6.61 Å². The molecule has 0 radical (unpaired) electrons. The average Bonchev–Trinajstić information content (AvgIpc) is 3.04. The van der Waals surface area contributed by atoms with Crippen molar-refractivity contribution in [1.82, 2.24) is 0 Å². The summed E-state index contributed by atoms with van der Waals surface area (Å²) in [6, 6.07) is 13.1. The van der Waals surface area contributed by atoms with Gasteiger partial charge in [-0.3, -0.25) is 0 Å². The van der Waals surface area contributed by atoms with Crippen molar-refractivity contribution in [1.29, 1.82) is 0 Å². The number of thioether (sulfide) groups is 1. The van der Waals surface area contributed by atoms with Crippen molar-refractivity contribution in [3.05, 3.63) is 48.3 Å². The first-order valence-corrected chi connectivity index (χ1v) is 8.35. The summed E-state index contributed by atoms with van der Waals surface area (Å²) in [6.45, 7) is 0.947. The number of aliphatic hydroxyl groups excluding tert-OH is 1. The Hall–Kier alpha value is -1.56. The molecule has 1 N–H and O–H groups in total. The van der Waals surface area contributed by atoms with Gasteiger partial charge in [0.2, 0.25) is 0 Å². The maximum Gasteiger partial charge on any atom is 0.133 e. The fraction of sp³-hybridized carbons (Fsp3) is 0.294. The summed E-state index contributed by atoms with van der Waals surface area (Å²) in [6.07, 6.45) is 1.82. The van der Waals surface area contributed by atoms with Gasteiger partial charge in [0.25, 0.3) is 0 Å². The largest absolute Gasteiger partial charge is 0.394 e. The zero-order chi connectivity index (χ0) is 15.5. The number of hydrogen-bond acceptors (Lipinski definition) is 4. The van der Waals surface area contributed by atoms with Crippen molar-refractivity contribution in [2.24, 2.45) is 0 Å². The first-order chi connectivity index (χ1) is 10.7. The van der Waals surface area contributed by atoms with Crippen LogP contribution in [-0.4, -0.2) is 37.3 Å². The number of anilines is 1. The highest BCUT2D eigenvalue weighted by molar-refractivity contribution is 7.98. The van der Waals surface area contributed by atoms with E-state index in [1.165, 1.54) is 6.07 Å². The summed E-state index contributed by atoms with van der Waals surface area (Å²) in [4.78, 5) is 3.08. The molecule has 22 heavy (non-hydrogen) atoms. The number of halogens is 1. The highest BCUT2D eigenvalue weighted by Gasteiger charge is 2.23. The molecule has 1 aliphatic heterocycles. The van der Waals surface area contributed by atoms with E-state index in [1.54, 1.807) is 17.8 Å². The molecule has 0 aromatic heterocycles. The van der Waals surface area contributed by atoms with E-state index in [4.69, 9.17) is 9.84 Å². The summed E-state index contributed by atoms with van der Waals surface area (Å²) in [5, 5.41) is 9.09. The van der Waals surface area contributed by atoms with E-state index in [-0.39, 0.29) is 18.5 Å². The molecule has 3 nitrogen and oxygen atoms in total. The molecular formula is C17H18FNO2S. The molecule has 5 heteroatoms. The molecule has 1 atom stereocenters. The second-order valence-electron chi connectivity index (χ2n) is 5.22. The third-order valence-corrected chi connectivity index (χ3v) is 4.56. The molecule has 1 fully saturated rings. The monoisotopic (exact) mass is 319 g/mol. The summed E-state index contributed by atoms with van der Waals surface area (Å²) in [7, 11) is 0. The summed E-state index contributed by atoms with van der Waals surface area (Å²) < 4.78 is 19.8. The Balaban J connectivity index is 1.82. The van der Waals surface area contributed by atoms with Gasteiger partial charge < -0.3 is 14.7 Å². The van der Waals surface area contributed by atoms with Crippen LogP contribution in [0.3, 0.4) is 0 Å². The lowest BCUT2D eigenvalue weighted by atomic mass is 10.0. The van der Waals surface area contributed by atoms with E-state index in [0.29, 0.717) is 18.8 Å². The standard InChI is InChI=1S/C17H18FNO2S/c1-22-15-5-2-12(3-6-15)16-7-4-13(8-17(16)18)19-9-14(10-20)21-11-19/h2-8,14,20H,9-11H2,1H3/t14-/m1/s1. The van der Waals surface area contributed by atoms with Crippen LogP contribution in [0.15, 0.2) is 47.4 Å². The molecule has 1 saturated heterocycles. The van der Waals surface area contributed by atoms with Crippen molar-refractivity contribution in [3.8, 4) is 11.1 Å². The van der Waals surface area contributed by atoms with Gasteiger partial charge in [0.1, 0.15) is 18.7 Å². The second kappa shape index (κ2) is 6.69. The van der Waals surface area contributed by atoms with Crippen LogP contribution < -0.4 is 4.90 Å². The van der Waals surface area contributed by atoms with E-state index >= 15 is 0 Å². The third kappa shape index (κ3) is 3.11.